The molecule has 0 atom stereocenters. The molecule has 10 heteroatoms. The van der Waals surface area contributed by atoms with Gasteiger partial charge in [-0.25, -0.2) is 17.9 Å². The lowest BCUT2D eigenvalue weighted by Crippen LogP contribution is -2.38. The first-order chi connectivity index (χ1) is 11.0. The summed E-state index contributed by atoms with van der Waals surface area (Å²) in [5.74, 6) is 0. The van der Waals surface area contributed by atoms with Gasteiger partial charge in [0.1, 0.15) is 9.60 Å². The molecule has 3 rings (SSSR count). The van der Waals surface area contributed by atoms with Gasteiger partial charge in [-0.3, -0.25) is 14.3 Å². The molecule has 3 heterocycles. The molecule has 23 heavy (non-hydrogen) atoms. The van der Waals surface area contributed by atoms with Crippen LogP contribution < -0.4 is 16.0 Å². The molecule has 0 unspecified atom stereocenters. The number of fused-ring (bicyclic) bond motifs is 1. The number of H-pyrrole nitrogens is 1. The minimum Gasteiger partial charge on any atom is -0.306 e. The van der Waals surface area contributed by atoms with Gasteiger partial charge in [-0.05, 0) is 23.6 Å². The van der Waals surface area contributed by atoms with Crippen LogP contribution in [-0.2, 0) is 16.6 Å². The second kappa shape index (κ2) is 6.07. The summed E-state index contributed by atoms with van der Waals surface area (Å²) in [5, 5.41) is 1.71. The average molecular weight is 352 g/mol. The number of pyridine rings is 1. The summed E-state index contributed by atoms with van der Waals surface area (Å²) in [4.78, 5) is 30.5. The number of rotatable bonds is 5. The third-order valence-electron chi connectivity index (χ3n) is 3.16. The van der Waals surface area contributed by atoms with Gasteiger partial charge in [-0.1, -0.05) is 0 Å². The molecule has 3 aromatic heterocycles. The molecule has 2 N–H and O–H groups in total. The van der Waals surface area contributed by atoms with Gasteiger partial charge < -0.3 is 4.98 Å². The summed E-state index contributed by atoms with van der Waals surface area (Å²) in [6, 6.07) is 4.57. The summed E-state index contributed by atoms with van der Waals surface area (Å²) in [5.41, 5.74) is -0.516. The highest BCUT2D eigenvalue weighted by molar-refractivity contribution is 7.89. The molecule has 0 saturated carbocycles. The number of hydrogen-bond acceptors (Lipinski definition) is 6. The standard InChI is InChI=1S/C13H12N4O4S2/c18-12-11-10(3-7-22-11)16-13(19)17(12)6-5-15-23(20,21)9-2-1-4-14-8-9/h1-4,7-8,15H,5-6H2,(H,16,19). The summed E-state index contributed by atoms with van der Waals surface area (Å²) < 4.78 is 27.8. The molecule has 0 aliphatic carbocycles. The van der Waals surface area contributed by atoms with Crippen LogP contribution in [0.2, 0.25) is 0 Å². The van der Waals surface area contributed by atoms with Crippen molar-refractivity contribution in [1.82, 2.24) is 19.3 Å². The monoisotopic (exact) mass is 352 g/mol. The molecule has 0 radical (unpaired) electrons. The van der Waals surface area contributed by atoms with Gasteiger partial charge in [0.05, 0.1) is 5.52 Å². The molecule has 0 bridgehead atoms. The van der Waals surface area contributed by atoms with Gasteiger partial charge in [0.15, 0.2) is 0 Å². The van der Waals surface area contributed by atoms with Crippen molar-refractivity contribution in [2.75, 3.05) is 6.54 Å². The highest BCUT2D eigenvalue weighted by atomic mass is 32.2. The van der Waals surface area contributed by atoms with E-state index in [9.17, 15) is 18.0 Å². The molecule has 0 aromatic carbocycles. The second-order valence-corrected chi connectivity index (χ2v) is 7.32. The predicted octanol–water partition coefficient (Wildman–Crippen LogP) is 0.125. The first-order valence-corrected chi connectivity index (χ1v) is 8.95. The number of aromatic amines is 1. The van der Waals surface area contributed by atoms with Gasteiger partial charge in [0.2, 0.25) is 10.0 Å². The van der Waals surface area contributed by atoms with Gasteiger partial charge in [0.25, 0.3) is 5.56 Å². The fraction of sp³-hybridized carbons (Fsp3) is 0.154. The largest absolute Gasteiger partial charge is 0.328 e. The van der Waals surface area contributed by atoms with Crippen LogP contribution in [0.4, 0.5) is 0 Å². The molecule has 0 spiro atoms. The maximum Gasteiger partial charge on any atom is 0.328 e. The number of aromatic nitrogens is 3. The van der Waals surface area contributed by atoms with Crippen molar-refractivity contribution in [2.45, 2.75) is 11.4 Å². The summed E-state index contributed by atoms with van der Waals surface area (Å²) in [6.07, 6.45) is 2.69. The van der Waals surface area contributed by atoms with E-state index in [1.165, 1.54) is 35.9 Å². The fourth-order valence-electron chi connectivity index (χ4n) is 2.06. The molecule has 8 nitrogen and oxygen atoms in total. The highest BCUT2D eigenvalue weighted by Gasteiger charge is 2.14. The molecular weight excluding hydrogens is 340 g/mol. The van der Waals surface area contributed by atoms with Crippen LogP contribution in [0.15, 0.2) is 50.5 Å². The minimum atomic E-state index is -3.73. The lowest BCUT2D eigenvalue weighted by Gasteiger charge is -2.07. The third kappa shape index (κ3) is 3.09. The van der Waals surface area contributed by atoms with Crippen molar-refractivity contribution < 1.29 is 8.42 Å². The number of thiophene rings is 1. The number of sulfonamides is 1. The van der Waals surface area contributed by atoms with Gasteiger partial charge >= 0.3 is 5.69 Å². The lowest BCUT2D eigenvalue weighted by atomic mass is 10.4. The van der Waals surface area contributed by atoms with E-state index >= 15 is 0 Å². The van der Waals surface area contributed by atoms with Crippen molar-refractivity contribution >= 4 is 31.6 Å². The smallest absolute Gasteiger partial charge is 0.306 e. The summed E-state index contributed by atoms with van der Waals surface area (Å²) in [7, 11) is -3.73. The Bertz CT molecular complexity index is 1050. The zero-order valence-corrected chi connectivity index (χ0v) is 13.4. The van der Waals surface area contributed by atoms with E-state index in [1.54, 1.807) is 11.4 Å². The molecule has 120 valence electrons. The fourth-order valence-corrected chi connectivity index (χ4v) is 3.84. The molecule has 0 saturated heterocycles. The molecule has 3 aromatic rings. The van der Waals surface area contributed by atoms with Crippen molar-refractivity contribution in [3.8, 4) is 0 Å². The van der Waals surface area contributed by atoms with Crippen LogP contribution in [0.5, 0.6) is 0 Å². The first-order valence-electron chi connectivity index (χ1n) is 6.59. The Labute approximate surface area is 134 Å². The topological polar surface area (TPSA) is 114 Å². The molecule has 0 amide bonds. The summed E-state index contributed by atoms with van der Waals surface area (Å²) >= 11 is 1.22. The summed E-state index contributed by atoms with van der Waals surface area (Å²) in [6.45, 7) is -0.154. The van der Waals surface area contributed by atoms with E-state index in [-0.39, 0.29) is 18.0 Å². The zero-order chi connectivity index (χ0) is 16.4. The van der Waals surface area contributed by atoms with E-state index in [4.69, 9.17) is 0 Å². The lowest BCUT2D eigenvalue weighted by molar-refractivity contribution is 0.565. The number of nitrogens with one attached hydrogen (secondary N) is 2. The Hall–Kier alpha value is -2.30. The average Bonchev–Trinajstić information content (AvgIpc) is 3.00. The maximum absolute atomic E-state index is 12.2. The quantitative estimate of drug-likeness (QED) is 0.677. The van der Waals surface area contributed by atoms with Crippen LogP contribution >= 0.6 is 11.3 Å². The van der Waals surface area contributed by atoms with Crippen LogP contribution in [0, 0.1) is 0 Å². The number of hydrogen-bond donors (Lipinski definition) is 2. The maximum atomic E-state index is 12.2. The van der Waals surface area contributed by atoms with Gasteiger partial charge in [-0.2, -0.15) is 0 Å². The highest BCUT2D eigenvalue weighted by Crippen LogP contribution is 2.11. The Balaban J connectivity index is 1.80. The van der Waals surface area contributed by atoms with Crippen LogP contribution in [0.25, 0.3) is 10.2 Å². The van der Waals surface area contributed by atoms with Gasteiger partial charge in [-0.15, -0.1) is 11.3 Å². The van der Waals surface area contributed by atoms with E-state index < -0.39 is 21.3 Å². The minimum absolute atomic E-state index is 0.0231. The molecule has 0 aliphatic heterocycles. The van der Waals surface area contributed by atoms with E-state index in [0.29, 0.717) is 10.2 Å². The Morgan fingerprint density at radius 2 is 2.13 bits per heavy atom. The normalized spacial score (nSPS) is 11.8. The number of nitrogens with zero attached hydrogens (tertiary/aromatic N) is 2. The molecule has 0 aliphatic rings. The van der Waals surface area contributed by atoms with E-state index in [2.05, 4.69) is 14.7 Å². The van der Waals surface area contributed by atoms with E-state index in [0.717, 1.165) is 4.57 Å². The third-order valence-corrected chi connectivity index (χ3v) is 5.51. The van der Waals surface area contributed by atoms with Gasteiger partial charge in [0, 0.05) is 25.5 Å². The van der Waals surface area contributed by atoms with Crippen molar-refractivity contribution in [3.05, 3.63) is 56.8 Å². The van der Waals surface area contributed by atoms with Crippen LogP contribution in [0.3, 0.4) is 0 Å². The van der Waals surface area contributed by atoms with Crippen molar-refractivity contribution in [2.24, 2.45) is 0 Å². The van der Waals surface area contributed by atoms with E-state index in [1.807, 2.05) is 0 Å². The molecular formula is C13H12N4O4S2. The predicted molar refractivity (Wildman–Crippen MR) is 86.1 cm³/mol. The SMILES string of the molecule is O=c1[nH]c2ccsc2c(=O)n1CCNS(=O)(=O)c1cccnc1. The van der Waals surface area contributed by atoms with Crippen LogP contribution in [-0.4, -0.2) is 29.5 Å². The Kier molecular flexibility index (Phi) is 4.11. The molecule has 0 fully saturated rings. The first kappa shape index (κ1) is 15.6. The van der Waals surface area contributed by atoms with Crippen molar-refractivity contribution in [3.63, 3.8) is 0 Å². The van der Waals surface area contributed by atoms with Crippen molar-refractivity contribution in [1.29, 1.82) is 0 Å². The second-order valence-electron chi connectivity index (χ2n) is 4.64. The Morgan fingerprint density at radius 1 is 1.30 bits per heavy atom. The zero-order valence-electron chi connectivity index (χ0n) is 11.7. The Morgan fingerprint density at radius 3 is 2.87 bits per heavy atom. The van der Waals surface area contributed by atoms with Crippen LogP contribution in [0.1, 0.15) is 0 Å².